The van der Waals surface area contributed by atoms with E-state index in [0.29, 0.717) is 26.2 Å². The quantitative estimate of drug-likeness (QED) is 0.851. The zero-order valence-corrected chi connectivity index (χ0v) is 13.2. The molecule has 1 heterocycles. The Kier molecular flexibility index (Phi) is 4.33. The van der Waals surface area contributed by atoms with Crippen molar-refractivity contribution in [1.82, 2.24) is 9.78 Å². The van der Waals surface area contributed by atoms with E-state index in [1.165, 1.54) is 0 Å². The zero-order valence-electron chi connectivity index (χ0n) is 10.9. The van der Waals surface area contributed by atoms with Gasteiger partial charge in [0, 0.05) is 24.1 Å². The SMILES string of the molecule is CC(C)n1cc(S(C)=O)c(-c2c(Cl)cccc2Cl)n1. The Morgan fingerprint density at radius 2 is 1.84 bits per heavy atom. The van der Waals surface area contributed by atoms with Gasteiger partial charge >= 0.3 is 0 Å². The van der Waals surface area contributed by atoms with Gasteiger partial charge in [-0.15, -0.1) is 0 Å². The second kappa shape index (κ2) is 5.65. The first-order valence-corrected chi connectivity index (χ1v) is 8.10. The molecule has 1 aromatic heterocycles. The number of hydrogen-bond donors (Lipinski definition) is 0. The Morgan fingerprint density at radius 3 is 2.32 bits per heavy atom. The lowest BCUT2D eigenvalue weighted by molar-refractivity contribution is 0.533. The van der Waals surface area contributed by atoms with E-state index in [4.69, 9.17) is 23.2 Å². The highest BCUT2D eigenvalue weighted by atomic mass is 35.5. The van der Waals surface area contributed by atoms with Crippen LogP contribution in [0.4, 0.5) is 0 Å². The predicted octanol–water partition coefficient (Wildman–Crippen LogP) is 4.18. The summed E-state index contributed by atoms with van der Waals surface area (Å²) < 4.78 is 13.6. The molecule has 1 atom stereocenters. The van der Waals surface area contributed by atoms with Crippen LogP contribution in [0.15, 0.2) is 29.3 Å². The van der Waals surface area contributed by atoms with Crippen LogP contribution in [0.2, 0.25) is 10.0 Å². The molecule has 0 spiro atoms. The molecule has 0 saturated heterocycles. The number of hydrogen-bond acceptors (Lipinski definition) is 2. The lowest BCUT2D eigenvalue weighted by Crippen LogP contribution is -2.00. The minimum atomic E-state index is -1.15. The first kappa shape index (κ1) is 14.6. The second-order valence-electron chi connectivity index (χ2n) is 4.47. The van der Waals surface area contributed by atoms with Crippen LogP contribution in [-0.2, 0) is 10.8 Å². The Morgan fingerprint density at radius 1 is 1.26 bits per heavy atom. The largest absolute Gasteiger partial charge is 0.268 e. The summed E-state index contributed by atoms with van der Waals surface area (Å²) in [6, 6.07) is 5.45. The molecule has 0 amide bonds. The minimum absolute atomic E-state index is 0.178. The highest BCUT2D eigenvalue weighted by Crippen LogP contribution is 2.36. The highest BCUT2D eigenvalue weighted by Gasteiger charge is 2.19. The normalized spacial score (nSPS) is 12.9. The van der Waals surface area contributed by atoms with Crippen molar-refractivity contribution in [2.45, 2.75) is 24.8 Å². The molecule has 1 aromatic carbocycles. The standard InChI is InChI=1S/C13H14Cl2N2OS/c1-8(2)17-7-11(19(3)18)13(16-17)12-9(14)5-4-6-10(12)15/h4-8H,1-3H3. The molecule has 0 bridgehead atoms. The van der Waals surface area contributed by atoms with Crippen LogP contribution < -0.4 is 0 Å². The Labute approximate surface area is 125 Å². The summed E-state index contributed by atoms with van der Waals surface area (Å²) in [4.78, 5) is 0.642. The third-order valence-corrected chi connectivity index (χ3v) is 4.28. The van der Waals surface area contributed by atoms with Gasteiger partial charge in [0.15, 0.2) is 0 Å². The van der Waals surface area contributed by atoms with E-state index in [2.05, 4.69) is 5.10 Å². The topological polar surface area (TPSA) is 34.9 Å². The molecule has 0 radical (unpaired) electrons. The van der Waals surface area contributed by atoms with Gasteiger partial charge in [-0.25, -0.2) is 0 Å². The third kappa shape index (κ3) is 2.86. The van der Waals surface area contributed by atoms with Gasteiger partial charge in [0.1, 0.15) is 5.69 Å². The van der Waals surface area contributed by atoms with Crippen LogP contribution >= 0.6 is 23.2 Å². The Bertz CT molecular complexity index is 617. The van der Waals surface area contributed by atoms with Crippen molar-refractivity contribution in [3.05, 3.63) is 34.4 Å². The molecule has 102 valence electrons. The average molecular weight is 317 g/mol. The molecule has 0 N–H and O–H groups in total. The Balaban J connectivity index is 2.71. The fourth-order valence-corrected chi connectivity index (χ4v) is 3.00. The van der Waals surface area contributed by atoms with Crippen molar-refractivity contribution in [1.29, 1.82) is 0 Å². The lowest BCUT2D eigenvalue weighted by Gasteiger charge is -2.06. The number of aromatic nitrogens is 2. The van der Waals surface area contributed by atoms with E-state index in [0.717, 1.165) is 0 Å². The highest BCUT2D eigenvalue weighted by molar-refractivity contribution is 7.84. The molecule has 19 heavy (non-hydrogen) atoms. The van der Waals surface area contributed by atoms with Crippen LogP contribution in [0.5, 0.6) is 0 Å². The number of benzene rings is 1. The summed E-state index contributed by atoms with van der Waals surface area (Å²) in [6.45, 7) is 4.01. The summed E-state index contributed by atoms with van der Waals surface area (Å²) in [7, 11) is -1.15. The van der Waals surface area contributed by atoms with Gasteiger partial charge in [-0.2, -0.15) is 5.10 Å². The van der Waals surface area contributed by atoms with E-state index < -0.39 is 10.8 Å². The molecule has 2 rings (SSSR count). The zero-order chi connectivity index (χ0) is 14.2. The van der Waals surface area contributed by atoms with Crippen molar-refractivity contribution in [2.24, 2.45) is 0 Å². The molecular formula is C13H14Cl2N2OS. The molecule has 0 fully saturated rings. The Hall–Kier alpha value is -0.840. The molecule has 3 nitrogen and oxygen atoms in total. The molecule has 0 saturated carbocycles. The van der Waals surface area contributed by atoms with Crippen LogP contribution in [0.25, 0.3) is 11.3 Å². The maximum Gasteiger partial charge on any atom is 0.111 e. The molecule has 0 aliphatic heterocycles. The molecule has 1 unspecified atom stereocenters. The first-order valence-electron chi connectivity index (χ1n) is 5.78. The van der Waals surface area contributed by atoms with Gasteiger partial charge in [0.05, 0.1) is 25.7 Å². The predicted molar refractivity (Wildman–Crippen MR) is 80.4 cm³/mol. The van der Waals surface area contributed by atoms with E-state index in [1.54, 1.807) is 35.3 Å². The van der Waals surface area contributed by atoms with Gasteiger partial charge in [0.2, 0.25) is 0 Å². The van der Waals surface area contributed by atoms with Crippen molar-refractivity contribution in [3.63, 3.8) is 0 Å². The molecule has 0 aliphatic carbocycles. The average Bonchev–Trinajstić information content (AvgIpc) is 2.73. The summed E-state index contributed by atoms with van der Waals surface area (Å²) in [5.41, 5.74) is 1.22. The third-order valence-electron chi connectivity index (χ3n) is 2.74. The fourth-order valence-electron chi connectivity index (χ4n) is 1.75. The van der Waals surface area contributed by atoms with Crippen LogP contribution in [0.3, 0.4) is 0 Å². The fraction of sp³-hybridized carbons (Fsp3) is 0.308. The molecule has 0 aliphatic rings. The second-order valence-corrected chi connectivity index (χ2v) is 6.63. The van der Waals surface area contributed by atoms with E-state index in [1.807, 2.05) is 13.8 Å². The molecular weight excluding hydrogens is 303 g/mol. The molecule has 2 aromatic rings. The van der Waals surface area contributed by atoms with Gasteiger partial charge < -0.3 is 0 Å². The van der Waals surface area contributed by atoms with Gasteiger partial charge in [-0.05, 0) is 26.0 Å². The van der Waals surface area contributed by atoms with E-state index >= 15 is 0 Å². The number of nitrogens with zero attached hydrogens (tertiary/aromatic N) is 2. The van der Waals surface area contributed by atoms with Crippen molar-refractivity contribution >= 4 is 34.0 Å². The summed E-state index contributed by atoms with van der Waals surface area (Å²) in [5.74, 6) is 0. The summed E-state index contributed by atoms with van der Waals surface area (Å²) >= 11 is 12.4. The minimum Gasteiger partial charge on any atom is -0.268 e. The van der Waals surface area contributed by atoms with Gasteiger partial charge in [-0.3, -0.25) is 8.89 Å². The van der Waals surface area contributed by atoms with Gasteiger partial charge in [0.25, 0.3) is 0 Å². The van der Waals surface area contributed by atoms with E-state index in [-0.39, 0.29) is 6.04 Å². The summed E-state index contributed by atoms with van der Waals surface area (Å²) in [6.07, 6.45) is 3.41. The number of rotatable bonds is 3. The van der Waals surface area contributed by atoms with E-state index in [9.17, 15) is 4.21 Å². The monoisotopic (exact) mass is 316 g/mol. The van der Waals surface area contributed by atoms with Crippen LogP contribution in [0.1, 0.15) is 19.9 Å². The lowest BCUT2D eigenvalue weighted by atomic mass is 10.1. The smallest absolute Gasteiger partial charge is 0.111 e. The van der Waals surface area contributed by atoms with Crippen LogP contribution in [0, 0.1) is 0 Å². The summed E-state index contributed by atoms with van der Waals surface area (Å²) in [5, 5.41) is 5.49. The van der Waals surface area contributed by atoms with Crippen molar-refractivity contribution in [3.8, 4) is 11.3 Å². The first-order chi connectivity index (χ1) is 8.91. The van der Waals surface area contributed by atoms with Crippen molar-refractivity contribution in [2.75, 3.05) is 6.26 Å². The maximum atomic E-state index is 11.9. The molecule has 6 heteroatoms. The van der Waals surface area contributed by atoms with Crippen molar-refractivity contribution < 1.29 is 4.21 Å². The van der Waals surface area contributed by atoms with Crippen LogP contribution in [-0.4, -0.2) is 20.2 Å². The maximum absolute atomic E-state index is 11.9. The van der Waals surface area contributed by atoms with Gasteiger partial charge in [-0.1, -0.05) is 29.3 Å². The number of halogens is 2.